The minimum Gasteiger partial charge on any atom is -0.463 e. The zero-order chi connectivity index (χ0) is 26.4. The van der Waals surface area contributed by atoms with Crippen LogP contribution in [0.3, 0.4) is 0 Å². The maximum Gasteiger partial charge on any atom is 0.338 e. The van der Waals surface area contributed by atoms with E-state index in [-0.39, 0.29) is 18.7 Å². The molecule has 4 amide bonds. The van der Waals surface area contributed by atoms with E-state index in [2.05, 4.69) is 15.5 Å². The average Bonchev–Trinajstić information content (AvgIpc) is 3.13. The molecule has 0 spiro atoms. The van der Waals surface area contributed by atoms with Crippen molar-refractivity contribution < 1.29 is 19.1 Å². The largest absolute Gasteiger partial charge is 0.463 e. The summed E-state index contributed by atoms with van der Waals surface area (Å²) < 4.78 is 5.45. The van der Waals surface area contributed by atoms with Crippen LogP contribution in [0.2, 0.25) is 0 Å². The zero-order valence-electron chi connectivity index (χ0n) is 21.7. The summed E-state index contributed by atoms with van der Waals surface area (Å²) in [4.78, 5) is 44.6. The molecule has 1 saturated heterocycles. The number of rotatable bonds is 6. The smallest absolute Gasteiger partial charge is 0.338 e. The number of likely N-dealkylation sites (N-methyl/N-ethyl adjacent to an activating group) is 1. The Morgan fingerprint density at radius 3 is 2.49 bits per heavy atom. The van der Waals surface area contributed by atoms with Crippen LogP contribution in [0.1, 0.15) is 30.5 Å². The first-order valence-electron chi connectivity index (χ1n) is 12.7. The number of ether oxygens (including phenoxy) is 1. The van der Waals surface area contributed by atoms with E-state index in [1.807, 2.05) is 61.5 Å². The molecular weight excluding hydrogens is 470 g/mol. The predicted molar refractivity (Wildman–Crippen MR) is 142 cm³/mol. The maximum absolute atomic E-state index is 13.2. The summed E-state index contributed by atoms with van der Waals surface area (Å²) in [6, 6.07) is 16.1. The lowest BCUT2D eigenvalue weighted by Gasteiger charge is -2.37. The van der Waals surface area contributed by atoms with Crippen molar-refractivity contribution in [2.75, 3.05) is 51.7 Å². The fourth-order valence-corrected chi connectivity index (χ4v) is 4.81. The Kier molecular flexibility index (Phi) is 8.45. The van der Waals surface area contributed by atoms with Crippen molar-refractivity contribution in [3.05, 3.63) is 77.0 Å². The Labute approximate surface area is 218 Å². The molecule has 0 aliphatic carbocycles. The molecular formula is C28H35N5O4. The van der Waals surface area contributed by atoms with Gasteiger partial charge in [0.15, 0.2) is 0 Å². The monoisotopic (exact) mass is 505 g/mol. The van der Waals surface area contributed by atoms with Gasteiger partial charge in [0.2, 0.25) is 0 Å². The highest BCUT2D eigenvalue weighted by Crippen LogP contribution is 2.33. The molecule has 2 aliphatic rings. The Morgan fingerprint density at radius 1 is 1.03 bits per heavy atom. The Hall–Kier alpha value is -3.85. The van der Waals surface area contributed by atoms with Crippen LogP contribution in [0.15, 0.2) is 65.9 Å². The molecule has 0 unspecified atom stereocenters. The number of hydrogen-bond donors (Lipinski definition) is 2. The fraction of sp³-hybridized carbons (Fsp3) is 0.393. The SMILES string of the molecule is CCOC(=O)C1=C(CN2CCCN(C(=O)Nc3ccccc3)CC2)N(C)C(=O)N[C@H]1c1ccccc1C. The van der Waals surface area contributed by atoms with Crippen LogP contribution >= 0.6 is 0 Å². The fourth-order valence-electron chi connectivity index (χ4n) is 4.81. The van der Waals surface area contributed by atoms with Crippen molar-refractivity contribution in [1.29, 1.82) is 0 Å². The number of carbonyl (C=O) groups excluding carboxylic acids is 3. The van der Waals surface area contributed by atoms with Crippen molar-refractivity contribution >= 4 is 23.7 Å². The van der Waals surface area contributed by atoms with Gasteiger partial charge in [-0.2, -0.15) is 0 Å². The lowest BCUT2D eigenvalue weighted by atomic mass is 9.91. The number of hydrogen-bond acceptors (Lipinski definition) is 5. The molecule has 4 rings (SSSR count). The topological polar surface area (TPSA) is 94.2 Å². The molecule has 1 atom stereocenters. The second kappa shape index (κ2) is 11.9. The molecule has 2 aromatic carbocycles. The van der Waals surface area contributed by atoms with E-state index in [1.54, 1.807) is 18.9 Å². The van der Waals surface area contributed by atoms with Crippen molar-refractivity contribution in [3.8, 4) is 0 Å². The highest BCUT2D eigenvalue weighted by Gasteiger charge is 2.38. The van der Waals surface area contributed by atoms with Gasteiger partial charge in [-0.1, -0.05) is 42.5 Å². The second-order valence-electron chi connectivity index (χ2n) is 9.29. The van der Waals surface area contributed by atoms with Crippen molar-refractivity contribution in [2.24, 2.45) is 0 Å². The van der Waals surface area contributed by atoms with E-state index in [0.29, 0.717) is 37.4 Å². The quantitative estimate of drug-likeness (QED) is 0.584. The number of anilines is 1. The number of carbonyl (C=O) groups is 3. The van der Waals surface area contributed by atoms with Crippen LogP contribution in [0.25, 0.3) is 0 Å². The van der Waals surface area contributed by atoms with E-state index in [0.717, 1.165) is 29.8 Å². The van der Waals surface area contributed by atoms with Gasteiger partial charge in [-0.15, -0.1) is 0 Å². The van der Waals surface area contributed by atoms with E-state index in [9.17, 15) is 14.4 Å². The number of aryl methyl sites for hydroxylation is 1. The summed E-state index contributed by atoms with van der Waals surface area (Å²) in [5.74, 6) is -0.434. The molecule has 9 nitrogen and oxygen atoms in total. The summed E-state index contributed by atoms with van der Waals surface area (Å²) >= 11 is 0. The normalized spacial score (nSPS) is 18.8. The average molecular weight is 506 g/mol. The molecule has 37 heavy (non-hydrogen) atoms. The summed E-state index contributed by atoms with van der Waals surface area (Å²) in [6.07, 6.45) is 0.779. The van der Waals surface area contributed by atoms with Crippen LogP contribution < -0.4 is 10.6 Å². The second-order valence-corrected chi connectivity index (χ2v) is 9.29. The number of para-hydroxylation sites is 1. The first-order chi connectivity index (χ1) is 17.9. The molecule has 0 aromatic heterocycles. The van der Waals surface area contributed by atoms with Gasteiger partial charge in [-0.05, 0) is 43.5 Å². The minimum atomic E-state index is -0.598. The molecule has 1 fully saturated rings. The van der Waals surface area contributed by atoms with Crippen LogP contribution in [-0.4, -0.2) is 79.1 Å². The van der Waals surface area contributed by atoms with Gasteiger partial charge in [0.25, 0.3) is 0 Å². The molecule has 0 saturated carbocycles. The molecule has 0 radical (unpaired) electrons. The molecule has 2 aliphatic heterocycles. The summed E-state index contributed by atoms with van der Waals surface area (Å²) in [5.41, 5.74) is 3.67. The summed E-state index contributed by atoms with van der Waals surface area (Å²) in [5, 5.41) is 5.94. The van der Waals surface area contributed by atoms with Gasteiger partial charge in [-0.25, -0.2) is 14.4 Å². The van der Waals surface area contributed by atoms with E-state index in [4.69, 9.17) is 4.74 Å². The number of urea groups is 2. The number of esters is 1. The number of nitrogens with one attached hydrogen (secondary N) is 2. The molecule has 0 bridgehead atoms. The first-order valence-corrected chi connectivity index (χ1v) is 12.7. The van der Waals surface area contributed by atoms with E-state index >= 15 is 0 Å². The Bertz CT molecular complexity index is 1170. The highest BCUT2D eigenvalue weighted by molar-refractivity contribution is 5.95. The van der Waals surface area contributed by atoms with Crippen molar-refractivity contribution in [3.63, 3.8) is 0 Å². The Balaban J connectivity index is 1.56. The third-order valence-corrected chi connectivity index (χ3v) is 6.85. The van der Waals surface area contributed by atoms with Gasteiger partial charge in [0.1, 0.15) is 0 Å². The number of benzene rings is 2. The van der Waals surface area contributed by atoms with Crippen LogP contribution in [-0.2, 0) is 9.53 Å². The summed E-state index contributed by atoms with van der Waals surface area (Å²) in [6.45, 7) is 6.89. The maximum atomic E-state index is 13.2. The molecule has 2 heterocycles. The summed E-state index contributed by atoms with van der Waals surface area (Å²) in [7, 11) is 1.68. The van der Waals surface area contributed by atoms with Gasteiger partial charge in [-0.3, -0.25) is 9.80 Å². The lowest BCUT2D eigenvalue weighted by molar-refractivity contribution is -0.139. The number of amides is 4. The van der Waals surface area contributed by atoms with Gasteiger partial charge in [0.05, 0.1) is 18.2 Å². The van der Waals surface area contributed by atoms with E-state index in [1.165, 1.54) is 4.90 Å². The standard InChI is InChI=1S/C28H35N5O4/c1-4-37-26(34)24-23(31(3)27(35)30-25(24)22-14-9-8-11-20(22)2)19-32-15-10-16-33(18-17-32)28(36)29-21-12-6-5-7-13-21/h5-9,11-14,25H,4,10,15-19H2,1-3H3,(H,29,36)(H,30,35)/t25-/m0/s1. The molecule has 196 valence electrons. The van der Waals surface area contributed by atoms with Gasteiger partial charge >= 0.3 is 18.0 Å². The Morgan fingerprint density at radius 2 is 1.76 bits per heavy atom. The van der Waals surface area contributed by atoms with Crippen LogP contribution in [0.4, 0.5) is 15.3 Å². The molecule has 2 N–H and O–H groups in total. The van der Waals surface area contributed by atoms with E-state index < -0.39 is 12.0 Å². The van der Waals surface area contributed by atoms with Crippen molar-refractivity contribution in [1.82, 2.24) is 20.0 Å². The third kappa shape index (κ3) is 6.11. The van der Waals surface area contributed by atoms with Crippen LogP contribution in [0.5, 0.6) is 0 Å². The third-order valence-electron chi connectivity index (χ3n) is 6.85. The lowest BCUT2D eigenvalue weighted by Crippen LogP contribution is -2.49. The molecule has 9 heteroatoms. The molecule has 2 aromatic rings. The highest BCUT2D eigenvalue weighted by atomic mass is 16.5. The number of nitrogens with zero attached hydrogens (tertiary/aromatic N) is 3. The van der Waals surface area contributed by atoms with Crippen LogP contribution in [0, 0.1) is 6.92 Å². The predicted octanol–water partition coefficient (Wildman–Crippen LogP) is 3.75. The zero-order valence-corrected chi connectivity index (χ0v) is 21.7. The first kappa shape index (κ1) is 26.2. The van der Waals surface area contributed by atoms with Gasteiger partial charge < -0.3 is 20.3 Å². The minimum absolute atomic E-state index is 0.131. The van der Waals surface area contributed by atoms with Gasteiger partial charge in [0, 0.05) is 51.2 Å². The van der Waals surface area contributed by atoms with Crippen molar-refractivity contribution in [2.45, 2.75) is 26.3 Å².